The Bertz CT molecular complexity index is 1050. The van der Waals surface area contributed by atoms with E-state index in [4.69, 9.17) is 9.72 Å². The van der Waals surface area contributed by atoms with Crippen LogP contribution in [0.3, 0.4) is 0 Å². The van der Waals surface area contributed by atoms with E-state index in [0.717, 1.165) is 60.6 Å². The third-order valence-corrected chi connectivity index (χ3v) is 5.28. The number of ether oxygens (including phenoxy) is 1. The van der Waals surface area contributed by atoms with Gasteiger partial charge in [-0.25, -0.2) is 18.9 Å². The van der Waals surface area contributed by atoms with Crippen LogP contribution in [0.5, 0.6) is 5.88 Å². The Morgan fingerprint density at radius 1 is 1.29 bits per heavy atom. The SMILES string of the molecule is C=C1CCCOc2ncc(F)cc2[C@H]2CCCN2c2ccn3ncc(c3n2)N1. The van der Waals surface area contributed by atoms with E-state index in [2.05, 4.69) is 26.9 Å². The predicted molar refractivity (Wildman–Crippen MR) is 104 cm³/mol. The number of allylic oxidation sites excluding steroid dienone is 1. The molecule has 2 aliphatic rings. The Hall–Kier alpha value is -3.16. The Labute approximate surface area is 161 Å². The van der Waals surface area contributed by atoms with Crippen molar-refractivity contribution < 1.29 is 9.13 Å². The number of hydrogen-bond acceptors (Lipinski definition) is 6. The van der Waals surface area contributed by atoms with Gasteiger partial charge in [-0.1, -0.05) is 6.58 Å². The first kappa shape index (κ1) is 17.0. The summed E-state index contributed by atoms with van der Waals surface area (Å²) in [5.74, 6) is 0.978. The minimum Gasteiger partial charge on any atom is -0.477 e. The van der Waals surface area contributed by atoms with Crippen LogP contribution in [0.25, 0.3) is 5.65 Å². The molecule has 1 saturated heterocycles. The zero-order chi connectivity index (χ0) is 19.1. The molecular weight excluding hydrogens is 359 g/mol. The highest BCUT2D eigenvalue weighted by molar-refractivity contribution is 5.70. The van der Waals surface area contributed by atoms with E-state index in [0.29, 0.717) is 12.5 Å². The van der Waals surface area contributed by atoms with Gasteiger partial charge in [-0.05, 0) is 37.8 Å². The molecule has 5 rings (SSSR count). The summed E-state index contributed by atoms with van der Waals surface area (Å²) in [6, 6.07) is 3.46. The Morgan fingerprint density at radius 3 is 3.14 bits per heavy atom. The molecule has 0 amide bonds. The van der Waals surface area contributed by atoms with Crippen molar-refractivity contribution in [2.75, 3.05) is 23.4 Å². The second-order valence-electron chi connectivity index (χ2n) is 7.19. The number of pyridine rings is 1. The van der Waals surface area contributed by atoms with Crippen LogP contribution < -0.4 is 15.0 Å². The minimum atomic E-state index is -0.352. The molecule has 0 aliphatic carbocycles. The molecule has 7 nitrogen and oxygen atoms in total. The van der Waals surface area contributed by atoms with E-state index in [1.807, 2.05) is 12.3 Å². The second-order valence-corrected chi connectivity index (χ2v) is 7.19. The summed E-state index contributed by atoms with van der Waals surface area (Å²) < 4.78 is 21.7. The van der Waals surface area contributed by atoms with Crippen LogP contribution in [0.4, 0.5) is 15.9 Å². The van der Waals surface area contributed by atoms with E-state index in [-0.39, 0.29) is 11.9 Å². The van der Waals surface area contributed by atoms with E-state index in [1.54, 1.807) is 16.8 Å². The summed E-state index contributed by atoms with van der Waals surface area (Å²) in [6.45, 7) is 5.43. The molecule has 28 heavy (non-hydrogen) atoms. The van der Waals surface area contributed by atoms with Gasteiger partial charge in [-0.3, -0.25) is 0 Å². The first-order chi connectivity index (χ1) is 13.7. The number of nitrogens with one attached hydrogen (secondary N) is 1. The fourth-order valence-electron chi connectivity index (χ4n) is 3.98. The Balaban J connectivity index is 1.64. The van der Waals surface area contributed by atoms with Crippen LogP contribution in [0.15, 0.2) is 43.0 Å². The highest BCUT2D eigenvalue weighted by atomic mass is 19.1. The van der Waals surface area contributed by atoms with Gasteiger partial charge in [0.2, 0.25) is 5.88 Å². The third-order valence-electron chi connectivity index (χ3n) is 5.28. The maximum absolute atomic E-state index is 14.0. The molecule has 0 spiro atoms. The van der Waals surface area contributed by atoms with Gasteiger partial charge >= 0.3 is 0 Å². The van der Waals surface area contributed by atoms with Gasteiger partial charge < -0.3 is 15.0 Å². The predicted octanol–water partition coefficient (Wildman–Crippen LogP) is 3.70. The maximum atomic E-state index is 14.0. The molecule has 1 fully saturated rings. The zero-order valence-electron chi connectivity index (χ0n) is 15.4. The van der Waals surface area contributed by atoms with E-state index >= 15 is 0 Å². The van der Waals surface area contributed by atoms with E-state index in [1.165, 1.54) is 6.20 Å². The molecule has 0 saturated carbocycles. The second kappa shape index (κ2) is 6.78. The van der Waals surface area contributed by atoms with E-state index < -0.39 is 0 Å². The van der Waals surface area contributed by atoms with Crippen molar-refractivity contribution >= 4 is 17.2 Å². The van der Waals surface area contributed by atoms with Crippen molar-refractivity contribution in [2.45, 2.75) is 31.7 Å². The lowest BCUT2D eigenvalue weighted by Gasteiger charge is -2.27. The smallest absolute Gasteiger partial charge is 0.218 e. The first-order valence-corrected chi connectivity index (χ1v) is 9.53. The van der Waals surface area contributed by atoms with Crippen LogP contribution in [-0.2, 0) is 0 Å². The first-order valence-electron chi connectivity index (χ1n) is 9.53. The largest absolute Gasteiger partial charge is 0.477 e. The van der Waals surface area contributed by atoms with Crippen molar-refractivity contribution in [3.63, 3.8) is 0 Å². The van der Waals surface area contributed by atoms with Gasteiger partial charge in [0, 0.05) is 24.0 Å². The van der Waals surface area contributed by atoms with Crippen molar-refractivity contribution in [3.05, 3.63) is 54.4 Å². The number of hydrogen-bond donors (Lipinski definition) is 1. The van der Waals surface area contributed by atoms with Crippen molar-refractivity contribution in [1.82, 2.24) is 19.6 Å². The Morgan fingerprint density at radius 2 is 2.21 bits per heavy atom. The monoisotopic (exact) mass is 380 g/mol. The summed E-state index contributed by atoms with van der Waals surface area (Å²) in [5.41, 5.74) is 3.22. The van der Waals surface area contributed by atoms with Crippen molar-refractivity contribution in [2.24, 2.45) is 0 Å². The lowest BCUT2D eigenvalue weighted by atomic mass is 10.1. The Kier molecular flexibility index (Phi) is 4.11. The fraction of sp³-hybridized carbons (Fsp3) is 0.350. The molecule has 2 aliphatic heterocycles. The standard InChI is InChI=1S/C20H21FN6O/c1-13-4-3-9-28-20-15(10-14(21)11-22-20)17-5-2-7-26(17)18-6-8-27-19(25-18)16(24-13)12-23-27/h6,8,10-12,17,24H,1-5,7,9H2/t17-/m1/s1. The lowest BCUT2D eigenvalue weighted by Crippen LogP contribution is -2.25. The third kappa shape index (κ3) is 2.94. The van der Waals surface area contributed by atoms with Gasteiger partial charge in [-0.15, -0.1) is 0 Å². The topological polar surface area (TPSA) is 67.6 Å². The van der Waals surface area contributed by atoms with Gasteiger partial charge in [0.25, 0.3) is 0 Å². The summed E-state index contributed by atoms with van der Waals surface area (Å²) in [4.78, 5) is 11.3. The minimum absolute atomic E-state index is 0.0228. The van der Waals surface area contributed by atoms with Gasteiger partial charge in [-0.2, -0.15) is 5.10 Å². The van der Waals surface area contributed by atoms with Crippen LogP contribution in [0.1, 0.15) is 37.3 Å². The number of rotatable bonds is 0. The number of aromatic nitrogens is 4. The highest BCUT2D eigenvalue weighted by Crippen LogP contribution is 2.39. The van der Waals surface area contributed by atoms with E-state index in [9.17, 15) is 4.39 Å². The van der Waals surface area contributed by atoms with Gasteiger partial charge in [0.15, 0.2) is 5.65 Å². The summed E-state index contributed by atoms with van der Waals surface area (Å²) in [6.07, 6.45) is 8.28. The van der Waals surface area contributed by atoms with Crippen LogP contribution in [-0.4, -0.2) is 32.7 Å². The molecule has 3 aromatic rings. The molecule has 3 aromatic heterocycles. The summed E-state index contributed by atoms with van der Waals surface area (Å²) >= 11 is 0. The number of fused-ring (bicyclic) bond motifs is 5. The van der Waals surface area contributed by atoms with Gasteiger partial charge in [0.1, 0.15) is 17.3 Å². The summed E-state index contributed by atoms with van der Waals surface area (Å²) in [7, 11) is 0. The molecule has 0 unspecified atom stereocenters. The average Bonchev–Trinajstić information content (AvgIpc) is 3.32. The fourth-order valence-corrected chi connectivity index (χ4v) is 3.98. The lowest BCUT2D eigenvalue weighted by molar-refractivity contribution is 0.293. The number of halogens is 1. The summed E-state index contributed by atoms with van der Waals surface area (Å²) in [5, 5.41) is 7.68. The molecule has 8 heteroatoms. The molecular formula is C20H21FN6O. The van der Waals surface area contributed by atoms with Crippen LogP contribution in [0, 0.1) is 5.82 Å². The normalized spacial score (nSPS) is 19.7. The maximum Gasteiger partial charge on any atom is 0.218 e. The highest BCUT2D eigenvalue weighted by Gasteiger charge is 2.31. The molecule has 2 bridgehead atoms. The van der Waals surface area contributed by atoms with Crippen LogP contribution in [0.2, 0.25) is 0 Å². The van der Waals surface area contributed by atoms with Crippen LogP contribution >= 0.6 is 0 Å². The molecule has 1 atom stereocenters. The number of nitrogens with zero attached hydrogens (tertiary/aromatic N) is 5. The quantitative estimate of drug-likeness (QED) is 0.641. The molecule has 1 N–H and O–H groups in total. The van der Waals surface area contributed by atoms with Crippen molar-refractivity contribution in [3.8, 4) is 5.88 Å². The molecule has 5 heterocycles. The van der Waals surface area contributed by atoms with Gasteiger partial charge in [0.05, 0.1) is 25.0 Å². The average molecular weight is 380 g/mol. The molecule has 0 radical (unpaired) electrons. The number of anilines is 2. The molecule has 144 valence electrons. The molecule has 0 aromatic carbocycles. The van der Waals surface area contributed by atoms with Crippen molar-refractivity contribution in [1.29, 1.82) is 0 Å². The zero-order valence-corrected chi connectivity index (χ0v) is 15.4.